The number of carbonyl (C=O) groups is 3. The zero-order valence-corrected chi connectivity index (χ0v) is 15.5. The summed E-state index contributed by atoms with van der Waals surface area (Å²) in [5.41, 5.74) is 6.76. The van der Waals surface area contributed by atoms with E-state index >= 15 is 0 Å². The van der Waals surface area contributed by atoms with Gasteiger partial charge in [0.2, 0.25) is 17.7 Å². The molecule has 0 saturated heterocycles. The fraction of sp³-hybridized carbons (Fsp3) is 0.350. The molecule has 2 aromatic carbocycles. The molecule has 0 radical (unpaired) electrons. The van der Waals surface area contributed by atoms with Gasteiger partial charge in [0, 0.05) is 39.4 Å². The summed E-state index contributed by atoms with van der Waals surface area (Å²) in [6.07, 6.45) is 0.164. The van der Waals surface area contributed by atoms with Gasteiger partial charge in [0.1, 0.15) is 0 Å². The van der Waals surface area contributed by atoms with Crippen LogP contribution in [0.1, 0.15) is 31.4 Å². The minimum Gasteiger partial charge on any atom is -0.355 e. The molecule has 0 aliphatic carbocycles. The fourth-order valence-corrected chi connectivity index (χ4v) is 2.73. The molecule has 3 amide bonds. The standard InChI is InChI=1S/C20H26N4O3/c1-14(25)22-10-11-23-19(26)8-9-20(27)24-18(13-21)17-7-6-15-4-2-3-5-16(15)12-17/h2-7,12,18H,8-11,13,21H2,1H3,(H,22,25)(H,23,26)(H,24,27). The lowest BCUT2D eigenvalue weighted by Crippen LogP contribution is -2.36. The normalized spacial score (nSPS) is 11.6. The highest BCUT2D eigenvalue weighted by Crippen LogP contribution is 2.20. The number of hydrogen-bond donors (Lipinski definition) is 4. The minimum atomic E-state index is -0.301. The summed E-state index contributed by atoms with van der Waals surface area (Å²) in [6.45, 7) is 2.38. The summed E-state index contributed by atoms with van der Waals surface area (Å²) in [5, 5.41) is 10.3. The van der Waals surface area contributed by atoms with Crippen molar-refractivity contribution in [3.63, 3.8) is 0 Å². The van der Waals surface area contributed by atoms with Gasteiger partial charge in [-0.1, -0.05) is 36.4 Å². The summed E-state index contributed by atoms with van der Waals surface area (Å²) in [5.74, 6) is -0.605. The van der Waals surface area contributed by atoms with Crippen LogP contribution in [0.3, 0.4) is 0 Å². The van der Waals surface area contributed by atoms with Crippen molar-refractivity contribution in [1.29, 1.82) is 0 Å². The van der Waals surface area contributed by atoms with Crippen molar-refractivity contribution in [2.75, 3.05) is 19.6 Å². The third kappa shape index (κ3) is 6.71. The van der Waals surface area contributed by atoms with Gasteiger partial charge in [-0.3, -0.25) is 14.4 Å². The van der Waals surface area contributed by atoms with Gasteiger partial charge in [0.15, 0.2) is 0 Å². The van der Waals surface area contributed by atoms with Crippen LogP contribution in [-0.2, 0) is 14.4 Å². The Balaban J connectivity index is 1.81. The predicted molar refractivity (Wildman–Crippen MR) is 105 cm³/mol. The van der Waals surface area contributed by atoms with Gasteiger partial charge in [0.25, 0.3) is 0 Å². The molecular formula is C20H26N4O3. The van der Waals surface area contributed by atoms with E-state index in [0.717, 1.165) is 16.3 Å². The molecular weight excluding hydrogens is 344 g/mol. The largest absolute Gasteiger partial charge is 0.355 e. The van der Waals surface area contributed by atoms with Crippen LogP contribution < -0.4 is 21.7 Å². The summed E-state index contributed by atoms with van der Waals surface area (Å²) in [7, 11) is 0. The van der Waals surface area contributed by atoms with E-state index in [0.29, 0.717) is 13.1 Å². The van der Waals surface area contributed by atoms with Crippen molar-refractivity contribution in [1.82, 2.24) is 16.0 Å². The lowest BCUT2D eigenvalue weighted by atomic mass is 10.0. The van der Waals surface area contributed by atoms with Crippen LogP contribution >= 0.6 is 0 Å². The zero-order valence-electron chi connectivity index (χ0n) is 15.5. The lowest BCUT2D eigenvalue weighted by molar-refractivity contribution is -0.126. The number of carbonyl (C=O) groups excluding carboxylic acids is 3. The Labute approximate surface area is 158 Å². The molecule has 0 aliphatic heterocycles. The van der Waals surface area contributed by atoms with E-state index in [9.17, 15) is 14.4 Å². The molecule has 7 nitrogen and oxygen atoms in total. The van der Waals surface area contributed by atoms with Crippen molar-refractivity contribution in [3.05, 3.63) is 48.0 Å². The lowest BCUT2D eigenvalue weighted by Gasteiger charge is -2.18. The van der Waals surface area contributed by atoms with Crippen molar-refractivity contribution >= 4 is 28.5 Å². The number of rotatable bonds is 9. The molecule has 0 bridgehead atoms. The highest BCUT2D eigenvalue weighted by Gasteiger charge is 2.14. The smallest absolute Gasteiger partial charge is 0.221 e. The van der Waals surface area contributed by atoms with E-state index in [1.165, 1.54) is 6.92 Å². The Bertz CT molecular complexity index is 807. The van der Waals surface area contributed by atoms with Gasteiger partial charge >= 0.3 is 0 Å². The zero-order chi connectivity index (χ0) is 19.6. The first-order valence-corrected chi connectivity index (χ1v) is 8.99. The maximum atomic E-state index is 12.2. The van der Waals surface area contributed by atoms with Crippen LogP contribution in [0.15, 0.2) is 42.5 Å². The molecule has 5 N–H and O–H groups in total. The summed E-state index contributed by atoms with van der Waals surface area (Å²) in [6, 6.07) is 13.7. The van der Waals surface area contributed by atoms with Crippen LogP contribution in [0.4, 0.5) is 0 Å². The van der Waals surface area contributed by atoms with Crippen LogP contribution in [0.5, 0.6) is 0 Å². The molecule has 0 spiro atoms. The first-order valence-electron chi connectivity index (χ1n) is 8.99. The number of benzene rings is 2. The molecule has 1 atom stereocenters. The maximum absolute atomic E-state index is 12.2. The molecule has 2 aromatic rings. The average molecular weight is 370 g/mol. The molecule has 1 unspecified atom stereocenters. The topological polar surface area (TPSA) is 113 Å². The number of amides is 3. The third-order valence-electron chi connectivity index (χ3n) is 4.15. The Morgan fingerprint density at radius 3 is 2.30 bits per heavy atom. The van der Waals surface area contributed by atoms with Gasteiger partial charge in [-0.15, -0.1) is 0 Å². The number of fused-ring (bicyclic) bond motifs is 1. The Kier molecular flexibility index (Phi) is 7.76. The first kappa shape index (κ1) is 20.4. The van der Waals surface area contributed by atoms with Crippen molar-refractivity contribution in [3.8, 4) is 0 Å². The highest BCUT2D eigenvalue weighted by atomic mass is 16.2. The van der Waals surface area contributed by atoms with Crippen LogP contribution in [0, 0.1) is 0 Å². The Morgan fingerprint density at radius 1 is 0.926 bits per heavy atom. The fourth-order valence-electron chi connectivity index (χ4n) is 2.73. The molecule has 0 fully saturated rings. The molecule has 27 heavy (non-hydrogen) atoms. The van der Waals surface area contributed by atoms with Gasteiger partial charge < -0.3 is 21.7 Å². The monoisotopic (exact) mass is 370 g/mol. The second-order valence-corrected chi connectivity index (χ2v) is 6.30. The molecule has 0 saturated carbocycles. The molecule has 144 valence electrons. The van der Waals surface area contributed by atoms with Crippen LogP contribution in [-0.4, -0.2) is 37.4 Å². The van der Waals surface area contributed by atoms with Gasteiger partial charge in [-0.05, 0) is 22.4 Å². The molecule has 0 aliphatic rings. The number of nitrogens with one attached hydrogen (secondary N) is 3. The van der Waals surface area contributed by atoms with E-state index in [1.54, 1.807) is 0 Å². The second-order valence-electron chi connectivity index (χ2n) is 6.30. The third-order valence-corrected chi connectivity index (χ3v) is 4.15. The minimum absolute atomic E-state index is 0.0794. The van der Waals surface area contributed by atoms with Gasteiger partial charge in [-0.25, -0.2) is 0 Å². The van der Waals surface area contributed by atoms with Gasteiger partial charge in [0.05, 0.1) is 6.04 Å². The summed E-state index contributed by atoms with van der Waals surface area (Å²) >= 11 is 0. The SMILES string of the molecule is CC(=O)NCCNC(=O)CCC(=O)NC(CN)c1ccc2ccccc2c1. The molecule has 7 heteroatoms. The predicted octanol–water partition coefficient (Wildman–Crippen LogP) is 0.988. The first-order chi connectivity index (χ1) is 13.0. The molecule has 0 aromatic heterocycles. The maximum Gasteiger partial charge on any atom is 0.221 e. The van der Waals surface area contributed by atoms with Crippen molar-refractivity contribution in [2.24, 2.45) is 5.73 Å². The van der Waals surface area contributed by atoms with Crippen molar-refractivity contribution < 1.29 is 14.4 Å². The Morgan fingerprint density at radius 2 is 1.59 bits per heavy atom. The summed E-state index contributed by atoms with van der Waals surface area (Å²) in [4.78, 5) is 34.6. The van der Waals surface area contributed by atoms with Crippen LogP contribution in [0.2, 0.25) is 0 Å². The van der Waals surface area contributed by atoms with Gasteiger partial charge in [-0.2, -0.15) is 0 Å². The molecule has 0 heterocycles. The van der Waals surface area contributed by atoms with Crippen LogP contribution in [0.25, 0.3) is 10.8 Å². The Hall–Kier alpha value is -2.93. The van der Waals surface area contributed by atoms with Crippen molar-refractivity contribution in [2.45, 2.75) is 25.8 Å². The quantitative estimate of drug-likeness (QED) is 0.493. The van der Waals surface area contributed by atoms with E-state index in [-0.39, 0.29) is 43.1 Å². The van der Waals surface area contributed by atoms with E-state index in [4.69, 9.17) is 5.73 Å². The second kappa shape index (κ2) is 10.3. The van der Waals surface area contributed by atoms with E-state index in [2.05, 4.69) is 16.0 Å². The summed E-state index contributed by atoms with van der Waals surface area (Å²) < 4.78 is 0. The molecule has 2 rings (SSSR count). The highest BCUT2D eigenvalue weighted by molar-refractivity contribution is 5.85. The van der Waals surface area contributed by atoms with E-state index in [1.807, 2.05) is 42.5 Å². The number of nitrogens with two attached hydrogens (primary N) is 1. The van der Waals surface area contributed by atoms with E-state index < -0.39 is 0 Å². The number of hydrogen-bond acceptors (Lipinski definition) is 4. The average Bonchev–Trinajstić information content (AvgIpc) is 2.67.